The number of rotatable bonds is 8. The maximum absolute atomic E-state index is 9.61. The Bertz CT molecular complexity index is 417. The molecule has 12 nitrogen and oxygen atoms in total. The van der Waals surface area contributed by atoms with E-state index in [1.54, 1.807) is 30.8 Å². The lowest BCUT2D eigenvalue weighted by molar-refractivity contribution is -0.216. The molecular formula is C12H28N6O6. The zero-order chi connectivity index (χ0) is 18.5. The summed E-state index contributed by atoms with van der Waals surface area (Å²) in [6, 6.07) is 0. The Morgan fingerprint density at radius 3 is 1.79 bits per heavy atom. The van der Waals surface area contributed by atoms with Gasteiger partial charge in [-0.3, -0.25) is 4.90 Å². The molecule has 1 aliphatic rings. The highest BCUT2D eigenvalue weighted by Crippen LogP contribution is 2.31. The molecule has 12 heteroatoms. The number of aliphatic imine (C=N–C) groups is 1. The Kier molecular flexibility index (Phi) is 7.72. The van der Waals surface area contributed by atoms with E-state index in [9.17, 15) is 30.6 Å². The molecule has 0 aliphatic carbocycles. The molecule has 0 aromatic rings. The van der Waals surface area contributed by atoms with E-state index >= 15 is 0 Å². The molecule has 0 radical (unpaired) electrons. The van der Waals surface area contributed by atoms with Crippen molar-refractivity contribution >= 4 is 5.96 Å². The van der Waals surface area contributed by atoms with Crippen molar-refractivity contribution in [1.29, 1.82) is 0 Å². The van der Waals surface area contributed by atoms with E-state index in [0.717, 1.165) is 4.90 Å². The second-order valence-electron chi connectivity index (χ2n) is 5.43. The molecule has 0 aromatic carbocycles. The van der Waals surface area contributed by atoms with Crippen LogP contribution < -0.4 is 0 Å². The maximum Gasteiger partial charge on any atom is 0.205 e. The lowest BCUT2D eigenvalue weighted by Crippen LogP contribution is -2.75. The molecule has 0 fully saturated rings. The summed E-state index contributed by atoms with van der Waals surface area (Å²) in [5, 5.41) is 57.0. The SMILES string of the molecule is CN1C(N(CO)CO)=NC(N(CO)CO)N(C)C1(C)N(CO)CO. The standard InChI is InChI=1S/C12H28N6O6/c1-12(18(8-23)9-24)14(2)10(16(4-19)5-20)13-11(15(12)3)17(6-21)7-22/h10,19-24H,4-9H2,1-3H3. The number of nitrogens with zero attached hydrogens (tertiary/aromatic N) is 6. The Hall–Kier alpha value is -1.09. The van der Waals surface area contributed by atoms with Crippen LogP contribution in [0.25, 0.3) is 0 Å². The van der Waals surface area contributed by atoms with E-state index in [2.05, 4.69) is 4.99 Å². The van der Waals surface area contributed by atoms with Gasteiger partial charge >= 0.3 is 0 Å². The molecular weight excluding hydrogens is 324 g/mol. The summed E-state index contributed by atoms with van der Waals surface area (Å²) in [5.41, 5.74) is 0. The maximum atomic E-state index is 9.61. The van der Waals surface area contributed by atoms with Gasteiger partial charge in [-0.2, -0.15) is 0 Å². The van der Waals surface area contributed by atoms with Gasteiger partial charge in [-0.25, -0.2) is 19.7 Å². The van der Waals surface area contributed by atoms with Crippen LogP contribution in [-0.2, 0) is 0 Å². The minimum absolute atomic E-state index is 0.157. The van der Waals surface area contributed by atoms with Crippen LogP contribution in [0, 0.1) is 0 Å². The molecule has 0 saturated carbocycles. The first-order valence-electron chi connectivity index (χ1n) is 7.31. The molecule has 142 valence electrons. The van der Waals surface area contributed by atoms with Crippen LogP contribution in [-0.4, -0.2) is 128 Å². The van der Waals surface area contributed by atoms with Gasteiger partial charge in [0.15, 0.2) is 12.1 Å². The number of hydrogen-bond acceptors (Lipinski definition) is 12. The normalized spacial score (nSPS) is 25.5. The summed E-state index contributed by atoms with van der Waals surface area (Å²) >= 11 is 0. The lowest BCUT2D eigenvalue weighted by atomic mass is 10.2. The molecule has 2 unspecified atom stereocenters. The molecule has 0 bridgehead atoms. The molecule has 0 spiro atoms. The number of aliphatic hydroxyl groups excluding tert-OH is 6. The average molecular weight is 352 g/mol. The van der Waals surface area contributed by atoms with Crippen LogP contribution in [0.3, 0.4) is 0 Å². The predicted octanol–water partition coefficient (Wildman–Crippen LogP) is -4.22. The summed E-state index contributed by atoms with van der Waals surface area (Å²) < 4.78 is 0. The van der Waals surface area contributed by atoms with Gasteiger partial charge in [-0.15, -0.1) is 0 Å². The quantitative estimate of drug-likeness (QED) is 0.236. The van der Waals surface area contributed by atoms with Crippen molar-refractivity contribution in [3.8, 4) is 0 Å². The first-order chi connectivity index (χ1) is 11.4. The number of aliphatic hydroxyl groups is 6. The van der Waals surface area contributed by atoms with Gasteiger partial charge < -0.3 is 35.5 Å². The van der Waals surface area contributed by atoms with Crippen molar-refractivity contribution in [2.45, 2.75) is 19.0 Å². The van der Waals surface area contributed by atoms with Crippen LogP contribution >= 0.6 is 0 Å². The van der Waals surface area contributed by atoms with Crippen molar-refractivity contribution in [2.24, 2.45) is 4.99 Å². The highest BCUT2D eigenvalue weighted by Gasteiger charge is 2.49. The van der Waals surface area contributed by atoms with Crippen molar-refractivity contribution in [1.82, 2.24) is 24.5 Å². The molecule has 0 amide bonds. The van der Waals surface area contributed by atoms with Gasteiger partial charge in [0, 0.05) is 7.05 Å². The van der Waals surface area contributed by atoms with Crippen LogP contribution in [0.15, 0.2) is 4.99 Å². The predicted molar refractivity (Wildman–Crippen MR) is 83.2 cm³/mol. The van der Waals surface area contributed by atoms with Gasteiger partial charge in [0.25, 0.3) is 0 Å². The van der Waals surface area contributed by atoms with Crippen molar-refractivity contribution in [3.63, 3.8) is 0 Å². The molecule has 0 saturated heterocycles. The Balaban J connectivity index is 3.45. The topological polar surface area (TPSA) is 150 Å². The first-order valence-corrected chi connectivity index (χ1v) is 7.31. The van der Waals surface area contributed by atoms with Gasteiger partial charge in [0.1, 0.15) is 40.4 Å². The molecule has 6 N–H and O–H groups in total. The Labute approximate surface area is 140 Å². The fourth-order valence-corrected chi connectivity index (χ4v) is 2.65. The summed E-state index contributed by atoms with van der Waals surface area (Å²) in [5.74, 6) is -0.986. The fourth-order valence-electron chi connectivity index (χ4n) is 2.65. The largest absolute Gasteiger partial charge is 0.381 e. The van der Waals surface area contributed by atoms with Crippen LogP contribution in [0.5, 0.6) is 0 Å². The third-order valence-electron chi connectivity index (χ3n) is 4.44. The average Bonchev–Trinajstić information content (AvgIpc) is 2.59. The molecule has 1 aliphatic heterocycles. The molecule has 1 heterocycles. The third-order valence-corrected chi connectivity index (χ3v) is 4.44. The molecule has 2 atom stereocenters. The van der Waals surface area contributed by atoms with E-state index in [-0.39, 0.29) is 5.96 Å². The van der Waals surface area contributed by atoms with Gasteiger partial charge in [0.2, 0.25) is 5.96 Å². The summed E-state index contributed by atoms with van der Waals surface area (Å²) in [4.78, 5) is 11.2. The fraction of sp³-hybridized carbons (Fsp3) is 0.917. The Morgan fingerprint density at radius 1 is 0.917 bits per heavy atom. The monoisotopic (exact) mass is 352 g/mol. The summed E-state index contributed by atoms with van der Waals surface area (Å²) in [7, 11) is 3.25. The van der Waals surface area contributed by atoms with Crippen molar-refractivity contribution in [3.05, 3.63) is 0 Å². The minimum atomic E-state index is -1.14. The third kappa shape index (κ3) is 3.46. The number of guanidine groups is 1. The lowest BCUT2D eigenvalue weighted by Gasteiger charge is -2.57. The minimum Gasteiger partial charge on any atom is -0.381 e. The van der Waals surface area contributed by atoms with E-state index in [4.69, 9.17) is 0 Å². The zero-order valence-electron chi connectivity index (χ0n) is 14.2. The highest BCUT2D eigenvalue weighted by molar-refractivity contribution is 5.81. The molecule has 1 rings (SSSR count). The first kappa shape index (κ1) is 21.0. The molecule has 0 aromatic heterocycles. The molecule has 24 heavy (non-hydrogen) atoms. The van der Waals surface area contributed by atoms with Crippen LogP contribution in [0.4, 0.5) is 0 Å². The van der Waals surface area contributed by atoms with Crippen molar-refractivity contribution < 1.29 is 30.6 Å². The van der Waals surface area contributed by atoms with Gasteiger partial charge in [0.05, 0.1) is 0 Å². The smallest absolute Gasteiger partial charge is 0.205 e. The van der Waals surface area contributed by atoms with Gasteiger partial charge in [-0.05, 0) is 14.0 Å². The van der Waals surface area contributed by atoms with Crippen LogP contribution in [0.1, 0.15) is 6.92 Å². The number of hydrogen-bond donors (Lipinski definition) is 6. The van der Waals surface area contributed by atoms with Crippen molar-refractivity contribution in [2.75, 3.05) is 54.5 Å². The van der Waals surface area contributed by atoms with Crippen LogP contribution in [0.2, 0.25) is 0 Å². The zero-order valence-corrected chi connectivity index (χ0v) is 14.2. The van der Waals surface area contributed by atoms with E-state index in [1.165, 1.54) is 9.80 Å². The van der Waals surface area contributed by atoms with E-state index < -0.39 is 52.5 Å². The van der Waals surface area contributed by atoms with E-state index in [1.807, 2.05) is 0 Å². The van der Waals surface area contributed by atoms with E-state index in [0.29, 0.717) is 0 Å². The second-order valence-corrected chi connectivity index (χ2v) is 5.43. The summed E-state index contributed by atoms with van der Waals surface area (Å²) in [6.45, 7) is -1.35. The highest BCUT2D eigenvalue weighted by atomic mass is 16.3. The van der Waals surface area contributed by atoms with Gasteiger partial charge in [-0.1, -0.05) is 0 Å². The summed E-state index contributed by atoms with van der Waals surface area (Å²) in [6.07, 6.45) is -0.877. The second kappa shape index (κ2) is 8.84. The Morgan fingerprint density at radius 2 is 1.42 bits per heavy atom.